The number of carboxylic acid groups (broad SMARTS) is 1. The standard InChI is InChI=1S/C31H48O6/c1-4-24-18-27-20-26-12-10-11-25(35-26)17-22(2)15-16-23(3)29(37-31(34)21-28(19-24)36-27)13-8-6-5-7-9-14-30(32)33/h4,8,13,15-16,22-23,25-29H,5-7,9-12,14,17-21H2,1-3H3,(H,32,33). The van der Waals surface area contributed by atoms with E-state index in [-0.39, 0.29) is 55.2 Å². The van der Waals surface area contributed by atoms with Gasteiger partial charge in [0.25, 0.3) is 0 Å². The van der Waals surface area contributed by atoms with E-state index in [1.54, 1.807) is 0 Å². The molecule has 0 amide bonds. The fourth-order valence-corrected chi connectivity index (χ4v) is 5.77. The van der Waals surface area contributed by atoms with Crippen LogP contribution in [0.4, 0.5) is 0 Å². The minimum Gasteiger partial charge on any atom is -0.481 e. The second-order valence-corrected chi connectivity index (χ2v) is 11.3. The Balaban J connectivity index is 1.69. The van der Waals surface area contributed by atoms with Gasteiger partial charge in [0.05, 0.1) is 30.8 Å². The quantitative estimate of drug-likeness (QED) is 0.224. The molecule has 7 atom stereocenters. The molecule has 2 fully saturated rings. The molecule has 37 heavy (non-hydrogen) atoms. The van der Waals surface area contributed by atoms with Crippen molar-refractivity contribution >= 4 is 11.9 Å². The molecule has 0 aliphatic carbocycles. The number of fused-ring (bicyclic) bond motifs is 4. The first-order valence-electron chi connectivity index (χ1n) is 14.5. The first-order valence-corrected chi connectivity index (χ1v) is 14.5. The number of rotatable bonds is 7. The Kier molecular flexibility index (Phi) is 12.4. The molecule has 1 N–H and O–H groups in total. The smallest absolute Gasteiger partial charge is 0.309 e. The van der Waals surface area contributed by atoms with Crippen LogP contribution in [0.2, 0.25) is 0 Å². The van der Waals surface area contributed by atoms with Crippen LogP contribution in [0.5, 0.6) is 0 Å². The van der Waals surface area contributed by atoms with Crippen LogP contribution in [0.1, 0.15) is 104 Å². The molecule has 3 heterocycles. The molecule has 3 rings (SSSR count). The first-order chi connectivity index (χ1) is 17.8. The van der Waals surface area contributed by atoms with Gasteiger partial charge in [0.2, 0.25) is 0 Å². The predicted molar refractivity (Wildman–Crippen MR) is 145 cm³/mol. The largest absolute Gasteiger partial charge is 0.481 e. The van der Waals surface area contributed by atoms with Gasteiger partial charge in [-0.15, -0.1) is 0 Å². The summed E-state index contributed by atoms with van der Waals surface area (Å²) in [5.74, 6) is -0.521. The SMILES string of the molecule is CC=C1CC2CC(=O)OC(C=CCCCCCC(=O)O)C(C)C=CC(C)CC3CCCC(CC(C1)O2)O3. The summed E-state index contributed by atoms with van der Waals surface area (Å²) in [6.45, 7) is 6.41. The number of carboxylic acids is 1. The Morgan fingerprint density at radius 1 is 0.973 bits per heavy atom. The van der Waals surface area contributed by atoms with Crippen LogP contribution in [-0.2, 0) is 23.8 Å². The monoisotopic (exact) mass is 516 g/mol. The maximum atomic E-state index is 13.0. The number of allylic oxidation sites excluding steroid dienone is 3. The highest BCUT2D eigenvalue weighted by molar-refractivity contribution is 5.70. The van der Waals surface area contributed by atoms with E-state index in [4.69, 9.17) is 19.3 Å². The highest BCUT2D eigenvalue weighted by atomic mass is 16.5. The number of ether oxygens (including phenoxy) is 3. The molecule has 0 aromatic rings. The third-order valence-electron chi connectivity index (χ3n) is 7.88. The molecule has 2 saturated heterocycles. The Morgan fingerprint density at radius 3 is 2.46 bits per heavy atom. The number of hydrogen-bond acceptors (Lipinski definition) is 5. The van der Waals surface area contributed by atoms with Crippen LogP contribution in [-0.4, -0.2) is 47.6 Å². The van der Waals surface area contributed by atoms with Crippen molar-refractivity contribution in [1.82, 2.24) is 0 Å². The fraction of sp³-hybridized carbons (Fsp3) is 0.742. The maximum Gasteiger partial charge on any atom is 0.309 e. The summed E-state index contributed by atoms with van der Waals surface area (Å²) >= 11 is 0. The number of unbranched alkanes of at least 4 members (excludes halogenated alkanes) is 3. The van der Waals surface area contributed by atoms with Crippen molar-refractivity contribution in [3.63, 3.8) is 0 Å². The van der Waals surface area contributed by atoms with Gasteiger partial charge in [0.1, 0.15) is 6.10 Å². The number of carbonyl (C=O) groups is 2. The molecule has 3 aliphatic rings. The Hall–Kier alpha value is -1.92. The zero-order valence-electron chi connectivity index (χ0n) is 23.1. The average Bonchev–Trinajstić information content (AvgIpc) is 2.85. The van der Waals surface area contributed by atoms with Crippen LogP contribution in [0, 0.1) is 11.8 Å². The van der Waals surface area contributed by atoms with E-state index in [1.165, 1.54) is 12.0 Å². The molecular weight excluding hydrogens is 468 g/mol. The second kappa shape index (κ2) is 15.5. The summed E-state index contributed by atoms with van der Waals surface area (Å²) in [7, 11) is 0. The van der Waals surface area contributed by atoms with Crippen LogP contribution >= 0.6 is 0 Å². The number of aliphatic carboxylic acids is 1. The molecule has 3 aliphatic heterocycles. The minimum absolute atomic E-state index is 0.0497. The van der Waals surface area contributed by atoms with Gasteiger partial charge < -0.3 is 19.3 Å². The van der Waals surface area contributed by atoms with Crippen molar-refractivity contribution in [3.8, 4) is 0 Å². The number of esters is 1. The lowest BCUT2D eigenvalue weighted by Crippen LogP contribution is -2.37. The summed E-state index contributed by atoms with van der Waals surface area (Å²) in [6, 6.07) is 0. The van der Waals surface area contributed by atoms with Gasteiger partial charge in [-0.2, -0.15) is 0 Å². The third kappa shape index (κ3) is 10.8. The highest BCUT2D eigenvalue weighted by Gasteiger charge is 2.32. The molecular formula is C31H48O6. The Morgan fingerprint density at radius 2 is 1.70 bits per heavy atom. The normalized spacial score (nSPS) is 34.9. The molecule has 0 spiro atoms. The van der Waals surface area contributed by atoms with E-state index >= 15 is 0 Å². The molecule has 0 saturated carbocycles. The summed E-state index contributed by atoms with van der Waals surface area (Å²) in [5.41, 5.74) is 1.35. The van der Waals surface area contributed by atoms with Crippen molar-refractivity contribution in [2.75, 3.05) is 0 Å². The molecule has 0 radical (unpaired) electrons. The third-order valence-corrected chi connectivity index (χ3v) is 7.88. The summed E-state index contributed by atoms with van der Waals surface area (Å²) in [4.78, 5) is 23.7. The summed E-state index contributed by atoms with van der Waals surface area (Å²) < 4.78 is 19.0. The Bertz CT molecular complexity index is 815. The zero-order valence-corrected chi connectivity index (χ0v) is 23.1. The van der Waals surface area contributed by atoms with E-state index in [0.29, 0.717) is 12.3 Å². The van der Waals surface area contributed by atoms with Gasteiger partial charge in [0, 0.05) is 18.8 Å². The number of hydrogen-bond donors (Lipinski definition) is 1. The van der Waals surface area contributed by atoms with Crippen molar-refractivity contribution in [2.24, 2.45) is 11.8 Å². The van der Waals surface area contributed by atoms with Crippen LogP contribution < -0.4 is 0 Å². The van der Waals surface area contributed by atoms with E-state index in [2.05, 4.69) is 45.1 Å². The number of carbonyl (C=O) groups excluding carboxylic acids is 1. The van der Waals surface area contributed by atoms with Crippen molar-refractivity contribution < 1.29 is 28.9 Å². The van der Waals surface area contributed by atoms with Crippen molar-refractivity contribution in [3.05, 3.63) is 36.0 Å². The average molecular weight is 517 g/mol. The summed E-state index contributed by atoms with van der Waals surface area (Å²) in [5, 5.41) is 8.79. The van der Waals surface area contributed by atoms with E-state index in [0.717, 1.165) is 57.8 Å². The summed E-state index contributed by atoms with van der Waals surface area (Å²) in [6.07, 6.45) is 21.6. The molecule has 6 heteroatoms. The van der Waals surface area contributed by atoms with Crippen LogP contribution in [0.25, 0.3) is 0 Å². The van der Waals surface area contributed by atoms with Gasteiger partial charge in [0.15, 0.2) is 0 Å². The molecule has 4 bridgehead atoms. The topological polar surface area (TPSA) is 82.1 Å². The Labute approximate surface area is 223 Å². The second-order valence-electron chi connectivity index (χ2n) is 11.3. The van der Waals surface area contributed by atoms with Crippen LogP contribution in [0.15, 0.2) is 36.0 Å². The molecule has 6 nitrogen and oxygen atoms in total. The van der Waals surface area contributed by atoms with Gasteiger partial charge in [-0.3, -0.25) is 9.59 Å². The van der Waals surface area contributed by atoms with Gasteiger partial charge in [-0.05, 0) is 76.7 Å². The molecule has 0 aromatic carbocycles. The first kappa shape index (κ1) is 29.6. The lowest BCUT2D eigenvalue weighted by molar-refractivity contribution is -0.154. The number of cyclic esters (lactones) is 1. The van der Waals surface area contributed by atoms with Crippen LogP contribution in [0.3, 0.4) is 0 Å². The lowest BCUT2D eigenvalue weighted by atomic mass is 9.90. The maximum absolute atomic E-state index is 13.0. The minimum atomic E-state index is -0.743. The van der Waals surface area contributed by atoms with Crippen molar-refractivity contribution in [1.29, 1.82) is 0 Å². The lowest BCUT2D eigenvalue weighted by Gasteiger charge is -2.37. The van der Waals surface area contributed by atoms with Gasteiger partial charge in [-0.1, -0.05) is 50.1 Å². The predicted octanol–water partition coefficient (Wildman–Crippen LogP) is 6.93. The molecule has 0 aromatic heterocycles. The van der Waals surface area contributed by atoms with E-state index < -0.39 is 5.97 Å². The van der Waals surface area contributed by atoms with E-state index in [1.807, 2.05) is 6.08 Å². The molecule has 7 unspecified atom stereocenters. The van der Waals surface area contributed by atoms with Crippen molar-refractivity contribution in [2.45, 2.75) is 135 Å². The van der Waals surface area contributed by atoms with Gasteiger partial charge >= 0.3 is 11.9 Å². The fourth-order valence-electron chi connectivity index (χ4n) is 5.77. The zero-order chi connectivity index (χ0) is 26.6. The highest BCUT2D eigenvalue weighted by Crippen LogP contribution is 2.33. The molecule has 208 valence electrons. The van der Waals surface area contributed by atoms with Gasteiger partial charge in [-0.25, -0.2) is 0 Å². The van der Waals surface area contributed by atoms with E-state index in [9.17, 15) is 9.59 Å².